The molecular weight excluding hydrogens is 364 g/mol. The van der Waals surface area contributed by atoms with Gasteiger partial charge in [0.25, 0.3) is 0 Å². The third-order valence-corrected chi connectivity index (χ3v) is 4.37. The zero-order valence-electron chi connectivity index (χ0n) is 14.6. The second kappa shape index (κ2) is 7.98. The number of nitriles is 1. The molecule has 0 amide bonds. The Morgan fingerprint density at radius 3 is 2.63 bits per heavy atom. The van der Waals surface area contributed by atoms with Crippen molar-refractivity contribution in [3.05, 3.63) is 87.8 Å². The van der Waals surface area contributed by atoms with Gasteiger partial charge in [-0.2, -0.15) is 5.26 Å². The van der Waals surface area contributed by atoms with Gasteiger partial charge in [-0.3, -0.25) is 0 Å². The molecule has 1 aliphatic heterocycles. The fraction of sp³-hybridized carbons (Fsp3) is 0.143. The molecule has 0 aliphatic carbocycles. The molecule has 0 unspecified atom stereocenters. The van der Waals surface area contributed by atoms with Gasteiger partial charge in [0.1, 0.15) is 5.57 Å². The van der Waals surface area contributed by atoms with Crippen molar-refractivity contribution in [2.45, 2.75) is 12.8 Å². The molecule has 0 bridgehead atoms. The van der Waals surface area contributed by atoms with Crippen molar-refractivity contribution in [1.82, 2.24) is 0 Å². The van der Waals surface area contributed by atoms with Gasteiger partial charge in [-0.05, 0) is 24.6 Å². The van der Waals surface area contributed by atoms with E-state index in [4.69, 9.17) is 26.8 Å². The summed E-state index contributed by atoms with van der Waals surface area (Å²) in [4.78, 5) is 12.6. The standard InChI is InChI=1S/C21H17ClN2O3/c1-2-26-21(25)18-17(14-9-6-10-15(22)11-14)16(12-23)19(27-20(18)24)13-7-4-3-5-8-13/h3-11,17H,2,24H2,1H3/t17-/m1/s1. The van der Waals surface area contributed by atoms with E-state index < -0.39 is 11.9 Å². The summed E-state index contributed by atoms with van der Waals surface area (Å²) >= 11 is 6.14. The third kappa shape index (κ3) is 3.67. The van der Waals surface area contributed by atoms with Crippen molar-refractivity contribution in [3.8, 4) is 6.07 Å². The fourth-order valence-corrected chi connectivity index (χ4v) is 3.20. The number of esters is 1. The lowest BCUT2D eigenvalue weighted by atomic mass is 9.82. The van der Waals surface area contributed by atoms with Crippen LogP contribution < -0.4 is 5.73 Å². The number of benzene rings is 2. The van der Waals surface area contributed by atoms with Gasteiger partial charge in [0.2, 0.25) is 5.88 Å². The fourth-order valence-electron chi connectivity index (χ4n) is 3.00. The van der Waals surface area contributed by atoms with Crippen LogP contribution in [0.2, 0.25) is 5.02 Å². The second-order valence-corrected chi connectivity index (χ2v) is 6.25. The zero-order valence-corrected chi connectivity index (χ0v) is 15.4. The van der Waals surface area contributed by atoms with Crippen molar-refractivity contribution < 1.29 is 14.3 Å². The van der Waals surface area contributed by atoms with Crippen LogP contribution in [-0.2, 0) is 14.3 Å². The van der Waals surface area contributed by atoms with Crippen molar-refractivity contribution in [2.75, 3.05) is 6.61 Å². The molecule has 1 heterocycles. The molecule has 1 aliphatic rings. The number of nitrogens with two attached hydrogens (primary N) is 1. The number of halogens is 1. The van der Waals surface area contributed by atoms with Crippen LogP contribution in [0.5, 0.6) is 0 Å². The Labute approximate surface area is 162 Å². The summed E-state index contributed by atoms with van der Waals surface area (Å²) in [6.07, 6.45) is 0. The van der Waals surface area contributed by atoms with Gasteiger partial charge in [0, 0.05) is 10.6 Å². The van der Waals surface area contributed by atoms with Crippen LogP contribution >= 0.6 is 11.6 Å². The minimum atomic E-state index is -0.739. The van der Waals surface area contributed by atoms with Crippen molar-refractivity contribution in [3.63, 3.8) is 0 Å². The second-order valence-electron chi connectivity index (χ2n) is 5.81. The Balaban J connectivity index is 2.24. The first-order chi connectivity index (χ1) is 13.1. The van der Waals surface area contributed by atoms with Gasteiger partial charge in [-0.15, -0.1) is 0 Å². The molecule has 6 heteroatoms. The number of allylic oxidation sites excluding steroid dienone is 1. The molecule has 2 aromatic rings. The number of rotatable bonds is 4. The average Bonchev–Trinajstić information content (AvgIpc) is 2.68. The minimum absolute atomic E-state index is 0.0868. The van der Waals surface area contributed by atoms with E-state index in [0.717, 1.165) is 0 Å². The van der Waals surface area contributed by atoms with Crippen LogP contribution in [0, 0.1) is 11.3 Å². The van der Waals surface area contributed by atoms with Gasteiger partial charge in [0.15, 0.2) is 5.76 Å². The summed E-state index contributed by atoms with van der Waals surface area (Å²) in [6.45, 7) is 1.87. The minimum Gasteiger partial charge on any atom is -0.462 e. The maximum absolute atomic E-state index is 12.6. The van der Waals surface area contributed by atoms with Crippen LogP contribution in [0.1, 0.15) is 24.0 Å². The van der Waals surface area contributed by atoms with Crippen LogP contribution in [-0.4, -0.2) is 12.6 Å². The molecule has 2 aromatic carbocycles. The van der Waals surface area contributed by atoms with Crippen LogP contribution in [0.15, 0.2) is 71.6 Å². The van der Waals surface area contributed by atoms with Crippen LogP contribution in [0.4, 0.5) is 0 Å². The van der Waals surface area contributed by atoms with E-state index in [-0.39, 0.29) is 23.6 Å². The predicted molar refractivity (Wildman–Crippen MR) is 102 cm³/mol. The van der Waals surface area contributed by atoms with E-state index in [1.54, 1.807) is 31.2 Å². The molecule has 2 N–H and O–H groups in total. The largest absolute Gasteiger partial charge is 0.462 e. The lowest BCUT2D eigenvalue weighted by Crippen LogP contribution is -2.26. The van der Waals surface area contributed by atoms with E-state index >= 15 is 0 Å². The quantitative estimate of drug-likeness (QED) is 0.806. The van der Waals surface area contributed by atoms with Gasteiger partial charge in [-0.1, -0.05) is 54.1 Å². The highest BCUT2D eigenvalue weighted by Gasteiger charge is 2.38. The van der Waals surface area contributed by atoms with E-state index in [9.17, 15) is 10.1 Å². The van der Waals surface area contributed by atoms with Crippen LogP contribution in [0.3, 0.4) is 0 Å². The number of ether oxygens (including phenoxy) is 2. The number of nitrogens with zero attached hydrogens (tertiary/aromatic N) is 1. The first-order valence-electron chi connectivity index (χ1n) is 8.36. The molecule has 0 saturated carbocycles. The van der Waals surface area contributed by atoms with E-state index in [0.29, 0.717) is 21.9 Å². The topological polar surface area (TPSA) is 85.3 Å². The SMILES string of the molecule is CCOC(=O)C1=C(N)OC(c2ccccc2)=C(C#N)[C@H]1c1cccc(Cl)c1. The molecular formula is C21H17ClN2O3. The first-order valence-corrected chi connectivity index (χ1v) is 8.74. The van der Waals surface area contributed by atoms with E-state index in [1.165, 1.54) is 0 Å². The maximum atomic E-state index is 12.6. The molecule has 136 valence electrons. The Morgan fingerprint density at radius 2 is 2.00 bits per heavy atom. The summed E-state index contributed by atoms with van der Waals surface area (Å²) in [7, 11) is 0. The van der Waals surface area contributed by atoms with Crippen molar-refractivity contribution in [2.24, 2.45) is 5.73 Å². The molecule has 3 rings (SSSR count). The smallest absolute Gasteiger partial charge is 0.340 e. The lowest BCUT2D eigenvalue weighted by molar-refractivity contribution is -0.139. The third-order valence-electron chi connectivity index (χ3n) is 4.13. The molecule has 0 fully saturated rings. The number of hydrogen-bond acceptors (Lipinski definition) is 5. The number of carbonyl (C=O) groups excluding carboxylic acids is 1. The molecule has 1 atom stereocenters. The first kappa shape index (κ1) is 18.6. The molecule has 5 nitrogen and oxygen atoms in total. The molecule has 27 heavy (non-hydrogen) atoms. The Morgan fingerprint density at radius 1 is 1.26 bits per heavy atom. The summed E-state index contributed by atoms with van der Waals surface area (Å²) in [5.41, 5.74) is 7.80. The highest BCUT2D eigenvalue weighted by Crippen LogP contribution is 2.43. The maximum Gasteiger partial charge on any atom is 0.340 e. The summed E-state index contributed by atoms with van der Waals surface area (Å²) < 4.78 is 10.9. The summed E-state index contributed by atoms with van der Waals surface area (Å²) in [6, 6.07) is 18.3. The highest BCUT2D eigenvalue weighted by molar-refractivity contribution is 6.30. The number of hydrogen-bond donors (Lipinski definition) is 1. The van der Waals surface area contributed by atoms with Gasteiger partial charge < -0.3 is 15.2 Å². The monoisotopic (exact) mass is 380 g/mol. The van der Waals surface area contributed by atoms with Crippen molar-refractivity contribution >= 4 is 23.3 Å². The van der Waals surface area contributed by atoms with E-state index in [2.05, 4.69) is 6.07 Å². The molecule has 0 aromatic heterocycles. The number of carbonyl (C=O) groups is 1. The summed E-state index contributed by atoms with van der Waals surface area (Å²) in [5.74, 6) is -1.14. The summed E-state index contributed by atoms with van der Waals surface area (Å²) in [5, 5.41) is 10.4. The molecule has 0 spiro atoms. The highest BCUT2D eigenvalue weighted by atomic mass is 35.5. The Kier molecular flexibility index (Phi) is 5.49. The predicted octanol–water partition coefficient (Wildman–Crippen LogP) is 4.12. The molecule has 0 saturated heterocycles. The van der Waals surface area contributed by atoms with Crippen LogP contribution in [0.25, 0.3) is 5.76 Å². The Hall–Kier alpha value is -3.23. The average molecular weight is 381 g/mol. The lowest BCUT2D eigenvalue weighted by Gasteiger charge is -2.28. The van der Waals surface area contributed by atoms with Gasteiger partial charge in [-0.25, -0.2) is 4.79 Å². The van der Waals surface area contributed by atoms with Gasteiger partial charge in [0.05, 0.1) is 24.2 Å². The van der Waals surface area contributed by atoms with Crippen molar-refractivity contribution in [1.29, 1.82) is 5.26 Å². The Bertz CT molecular complexity index is 974. The van der Waals surface area contributed by atoms with E-state index in [1.807, 2.05) is 30.3 Å². The zero-order chi connectivity index (χ0) is 19.4. The molecule has 0 radical (unpaired) electrons. The normalized spacial score (nSPS) is 16.6. The van der Waals surface area contributed by atoms with Gasteiger partial charge >= 0.3 is 5.97 Å².